The van der Waals surface area contributed by atoms with Gasteiger partial charge in [0.15, 0.2) is 6.61 Å². The number of anilines is 1. The number of benzene rings is 2. The zero-order valence-electron chi connectivity index (χ0n) is 16.4. The van der Waals surface area contributed by atoms with Crippen LogP contribution in [0.2, 0.25) is 0 Å². The summed E-state index contributed by atoms with van der Waals surface area (Å²) >= 11 is 0. The molecule has 0 aromatic heterocycles. The molecule has 0 heterocycles. The van der Waals surface area contributed by atoms with Crippen LogP contribution in [0.3, 0.4) is 0 Å². The third-order valence-electron chi connectivity index (χ3n) is 4.01. The van der Waals surface area contributed by atoms with E-state index >= 15 is 0 Å². The van der Waals surface area contributed by atoms with Crippen LogP contribution in [-0.4, -0.2) is 31.8 Å². The number of nitrogens with one attached hydrogen (secondary N) is 1. The summed E-state index contributed by atoms with van der Waals surface area (Å²) < 4.78 is 5.37. The highest BCUT2D eigenvalue weighted by atomic mass is 16.5. The Kier molecular flexibility index (Phi) is 8.54. The molecular formula is C22H26N4O2. The maximum atomic E-state index is 11.9. The van der Waals surface area contributed by atoms with Gasteiger partial charge in [0.2, 0.25) is 0 Å². The first-order valence-electron chi connectivity index (χ1n) is 9.46. The number of carbonyl (C=O) groups is 1. The number of para-hydroxylation sites is 1. The molecule has 0 atom stereocenters. The molecule has 2 aromatic carbocycles. The maximum Gasteiger partial charge on any atom is 0.277 e. The molecule has 0 aliphatic heterocycles. The molecule has 0 unspecified atom stereocenters. The van der Waals surface area contributed by atoms with E-state index in [1.165, 1.54) is 5.69 Å². The highest BCUT2D eigenvalue weighted by molar-refractivity contribution is 5.83. The second-order valence-corrected chi connectivity index (χ2v) is 6.27. The standard InChI is InChI=1S/C22H26N4O2/c1-3-13-26(14-4-2)20-11-9-18(10-12-20)16-24-25-22(27)17-28-21-8-6-5-7-19(21)15-23/h5-12,16H,3-4,13-14,17H2,1-2H3,(H,25,27). The summed E-state index contributed by atoms with van der Waals surface area (Å²) in [6, 6.07) is 16.9. The summed E-state index contributed by atoms with van der Waals surface area (Å²) in [6.45, 7) is 6.21. The largest absolute Gasteiger partial charge is 0.482 e. The molecule has 0 radical (unpaired) electrons. The lowest BCUT2D eigenvalue weighted by Gasteiger charge is -2.23. The molecule has 2 aromatic rings. The number of hydrogen-bond donors (Lipinski definition) is 1. The Labute approximate surface area is 166 Å². The van der Waals surface area contributed by atoms with Gasteiger partial charge in [0, 0.05) is 18.8 Å². The van der Waals surface area contributed by atoms with Crippen LogP contribution in [0.5, 0.6) is 5.75 Å². The first-order valence-corrected chi connectivity index (χ1v) is 9.46. The fourth-order valence-electron chi connectivity index (χ4n) is 2.72. The lowest BCUT2D eigenvalue weighted by molar-refractivity contribution is -0.123. The number of amides is 1. The molecular weight excluding hydrogens is 352 g/mol. The van der Waals surface area contributed by atoms with Crippen LogP contribution in [0, 0.1) is 11.3 Å². The summed E-state index contributed by atoms with van der Waals surface area (Å²) in [5.74, 6) is -0.0129. The molecule has 0 saturated heterocycles. The average molecular weight is 378 g/mol. The number of nitriles is 1. The van der Waals surface area contributed by atoms with Gasteiger partial charge in [0.05, 0.1) is 11.8 Å². The predicted molar refractivity (Wildman–Crippen MR) is 112 cm³/mol. The summed E-state index contributed by atoms with van der Waals surface area (Å²) in [7, 11) is 0. The van der Waals surface area contributed by atoms with Crippen LogP contribution < -0.4 is 15.1 Å². The van der Waals surface area contributed by atoms with Crippen molar-refractivity contribution in [3.63, 3.8) is 0 Å². The first-order chi connectivity index (χ1) is 13.7. The second kappa shape index (κ2) is 11.4. The van der Waals surface area contributed by atoms with Crippen LogP contribution in [-0.2, 0) is 4.79 Å². The molecule has 1 N–H and O–H groups in total. The number of nitrogens with zero attached hydrogens (tertiary/aromatic N) is 3. The molecule has 0 fully saturated rings. The third kappa shape index (κ3) is 6.44. The minimum absolute atomic E-state index is 0.210. The lowest BCUT2D eigenvalue weighted by Crippen LogP contribution is -2.25. The van der Waals surface area contributed by atoms with Gasteiger partial charge in [0.25, 0.3) is 5.91 Å². The monoisotopic (exact) mass is 378 g/mol. The summed E-state index contributed by atoms with van der Waals surface area (Å²) in [6.07, 6.45) is 3.81. The lowest BCUT2D eigenvalue weighted by atomic mass is 10.2. The molecule has 146 valence electrons. The summed E-state index contributed by atoms with van der Waals surface area (Å²) in [4.78, 5) is 14.2. The van der Waals surface area contributed by atoms with Gasteiger partial charge >= 0.3 is 0 Å². The van der Waals surface area contributed by atoms with Crippen LogP contribution in [0.4, 0.5) is 5.69 Å². The zero-order valence-corrected chi connectivity index (χ0v) is 16.4. The molecule has 0 spiro atoms. The fourth-order valence-corrected chi connectivity index (χ4v) is 2.72. The molecule has 6 nitrogen and oxygen atoms in total. The van der Waals surface area contributed by atoms with Gasteiger partial charge in [-0.3, -0.25) is 4.79 Å². The molecule has 1 amide bonds. The van der Waals surface area contributed by atoms with E-state index in [0.717, 1.165) is 31.5 Å². The van der Waals surface area contributed by atoms with E-state index in [-0.39, 0.29) is 6.61 Å². The molecule has 28 heavy (non-hydrogen) atoms. The number of rotatable bonds is 10. The van der Waals surface area contributed by atoms with Crippen LogP contribution in [0.25, 0.3) is 0 Å². The summed E-state index contributed by atoms with van der Waals surface area (Å²) in [5, 5.41) is 13.0. The van der Waals surface area contributed by atoms with E-state index in [1.54, 1.807) is 30.5 Å². The van der Waals surface area contributed by atoms with Crippen molar-refractivity contribution in [3.8, 4) is 11.8 Å². The van der Waals surface area contributed by atoms with Gasteiger partial charge in [0.1, 0.15) is 11.8 Å². The van der Waals surface area contributed by atoms with E-state index in [1.807, 2.05) is 18.2 Å². The Bertz CT molecular complexity index is 819. The van der Waals surface area contributed by atoms with Crippen LogP contribution in [0.15, 0.2) is 53.6 Å². The van der Waals surface area contributed by atoms with Crippen molar-refractivity contribution in [1.29, 1.82) is 5.26 Å². The maximum absolute atomic E-state index is 11.9. The Balaban J connectivity index is 1.85. The number of carbonyl (C=O) groups excluding carboxylic acids is 1. The molecule has 0 aliphatic rings. The smallest absolute Gasteiger partial charge is 0.277 e. The Morgan fingerprint density at radius 3 is 2.46 bits per heavy atom. The van der Waals surface area contributed by atoms with E-state index < -0.39 is 5.91 Å². The number of hydrogen-bond acceptors (Lipinski definition) is 5. The van der Waals surface area contributed by atoms with Crippen molar-refractivity contribution in [2.24, 2.45) is 5.10 Å². The molecule has 6 heteroatoms. The van der Waals surface area contributed by atoms with Gasteiger partial charge in [-0.25, -0.2) is 5.43 Å². The minimum atomic E-state index is -0.391. The Morgan fingerprint density at radius 2 is 1.82 bits per heavy atom. The topological polar surface area (TPSA) is 77.7 Å². The van der Waals surface area contributed by atoms with Crippen LogP contribution in [0.1, 0.15) is 37.8 Å². The Hall–Kier alpha value is -3.33. The van der Waals surface area contributed by atoms with Gasteiger partial charge in [-0.2, -0.15) is 10.4 Å². The van der Waals surface area contributed by atoms with Crippen molar-refractivity contribution in [2.75, 3.05) is 24.6 Å². The molecule has 0 aliphatic carbocycles. The van der Waals surface area contributed by atoms with Crippen molar-refractivity contribution >= 4 is 17.8 Å². The van der Waals surface area contributed by atoms with Gasteiger partial charge < -0.3 is 9.64 Å². The SMILES string of the molecule is CCCN(CCC)c1ccc(C=NNC(=O)COc2ccccc2C#N)cc1. The van der Waals surface area contributed by atoms with E-state index in [4.69, 9.17) is 10.00 Å². The van der Waals surface area contributed by atoms with E-state index in [0.29, 0.717) is 11.3 Å². The third-order valence-corrected chi connectivity index (χ3v) is 4.01. The Morgan fingerprint density at radius 1 is 1.14 bits per heavy atom. The fraction of sp³-hybridized carbons (Fsp3) is 0.318. The minimum Gasteiger partial charge on any atom is -0.482 e. The zero-order chi connectivity index (χ0) is 20.2. The summed E-state index contributed by atoms with van der Waals surface area (Å²) in [5.41, 5.74) is 4.90. The predicted octanol–water partition coefficient (Wildman–Crippen LogP) is 3.71. The van der Waals surface area contributed by atoms with Crippen molar-refractivity contribution < 1.29 is 9.53 Å². The average Bonchev–Trinajstić information content (AvgIpc) is 2.73. The first kappa shape index (κ1) is 21.0. The van der Waals surface area contributed by atoms with Crippen molar-refractivity contribution in [3.05, 3.63) is 59.7 Å². The van der Waals surface area contributed by atoms with E-state index in [9.17, 15) is 4.79 Å². The molecule has 0 saturated carbocycles. The van der Waals surface area contributed by atoms with Gasteiger partial charge in [-0.05, 0) is 42.7 Å². The highest BCUT2D eigenvalue weighted by Crippen LogP contribution is 2.16. The quantitative estimate of drug-likeness (QED) is 0.505. The van der Waals surface area contributed by atoms with Crippen molar-refractivity contribution in [1.82, 2.24) is 5.43 Å². The normalized spacial score (nSPS) is 10.5. The molecule has 0 bridgehead atoms. The van der Waals surface area contributed by atoms with Crippen molar-refractivity contribution in [2.45, 2.75) is 26.7 Å². The number of hydrazone groups is 1. The number of ether oxygens (including phenoxy) is 1. The van der Waals surface area contributed by atoms with Gasteiger partial charge in [-0.1, -0.05) is 38.1 Å². The highest BCUT2D eigenvalue weighted by Gasteiger charge is 2.06. The van der Waals surface area contributed by atoms with Gasteiger partial charge in [-0.15, -0.1) is 0 Å². The van der Waals surface area contributed by atoms with E-state index in [2.05, 4.69) is 41.4 Å². The molecule has 2 rings (SSSR count). The van der Waals surface area contributed by atoms with Crippen LogP contribution >= 0.6 is 0 Å². The second-order valence-electron chi connectivity index (χ2n) is 6.27.